The highest BCUT2D eigenvalue weighted by Gasteiger charge is 2.21. The Labute approximate surface area is 213 Å². The highest BCUT2D eigenvalue weighted by atomic mass is 35.5. The Balaban J connectivity index is 1.31. The predicted molar refractivity (Wildman–Crippen MR) is 137 cm³/mol. The van der Waals surface area contributed by atoms with E-state index in [-0.39, 0.29) is 29.6 Å². The van der Waals surface area contributed by atoms with Gasteiger partial charge in [-0.25, -0.2) is 9.48 Å². The zero-order chi connectivity index (χ0) is 25.2. The molecule has 2 aromatic carbocycles. The van der Waals surface area contributed by atoms with Crippen LogP contribution in [0.4, 0.5) is 0 Å². The van der Waals surface area contributed by atoms with Crippen LogP contribution in [0.3, 0.4) is 0 Å². The lowest BCUT2D eigenvalue weighted by Crippen LogP contribution is -2.35. The molecule has 1 fully saturated rings. The van der Waals surface area contributed by atoms with Crippen molar-refractivity contribution in [2.45, 2.75) is 38.8 Å². The molecule has 186 valence electrons. The van der Waals surface area contributed by atoms with Gasteiger partial charge in [0.15, 0.2) is 5.78 Å². The van der Waals surface area contributed by atoms with Crippen LogP contribution in [0.5, 0.6) is 5.75 Å². The molecule has 8 nitrogen and oxygen atoms in total. The van der Waals surface area contributed by atoms with Crippen molar-refractivity contribution in [2.24, 2.45) is 0 Å². The summed E-state index contributed by atoms with van der Waals surface area (Å²) in [6.45, 7) is 4.27. The van der Waals surface area contributed by atoms with Crippen LogP contribution in [0, 0.1) is 6.92 Å². The molecule has 1 aliphatic heterocycles. The molecule has 2 aromatic heterocycles. The second-order valence-electron chi connectivity index (χ2n) is 9.28. The van der Waals surface area contributed by atoms with E-state index in [9.17, 15) is 9.59 Å². The fourth-order valence-electron chi connectivity index (χ4n) is 4.45. The molecule has 0 atom stereocenters. The Morgan fingerprint density at radius 1 is 1.17 bits per heavy atom. The molecule has 0 amide bonds. The molecular weight excluding hydrogens is 480 g/mol. The quantitative estimate of drug-likeness (QED) is 0.273. The van der Waals surface area contributed by atoms with Gasteiger partial charge in [-0.2, -0.15) is 0 Å². The molecule has 1 saturated heterocycles. The first kappa shape index (κ1) is 24.2. The average molecular weight is 507 g/mol. The van der Waals surface area contributed by atoms with Crippen molar-refractivity contribution in [3.8, 4) is 5.75 Å². The summed E-state index contributed by atoms with van der Waals surface area (Å²) in [6.07, 6.45) is 3.50. The van der Waals surface area contributed by atoms with Crippen LogP contribution in [0.25, 0.3) is 11.0 Å². The number of piperidine rings is 1. The maximum absolute atomic E-state index is 12.9. The van der Waals surface area contributed by atoms with E-state index in [1.54, 1.807) is 23.0 Å². The number of Topliss-reactive ketones (excluding diaryl/α,β-unsaturated/α-hetero) is 1. The summed E-state index contributed by atoms with van der Waals surface area (Å²) in [5, 5.41) is 9.37. The van der Waals surface area contributed by atoms with Crippen molar-refractivity contribution >= 4 is 28.4 Å². The molecule has 3 heterocycles. The van der Waals surface area contributed by atoms with Gasteiger partial charge in [0.2, 0.25) is 0 Å². The highest BCUT2D eigenvalue weighted by Crippen LogP contribution is 2.29. The van der Waals surface area contributed by atoms with Gasteiger partial charge in [0, 0.05) is 41.0 Å². The van der Waals surface area contributed by atoms with E-state index in [0.29, 0.717) is 17.2 Å². The predicted octanol–water partition coefficient (Wildman–Crippen LogP) is 4.29. The fourth-order valence-corrected chi connectivity index (χ4v) is 4.65. The number of aryl methyl sites for hydroxylation is 1. The fraction of sp³-hybridized carbons (Fsp3) is 0.333. The molecular formula is C27H27ClN4O4. The third kappa shape index (κ3) is 5.20. The van der Waals surface area contributed by atoms with Crippen LogP contribution >= 0.6 is 11.6 Å². The maximum atomic E-state index is 12.9. The molecule has 0 spiro atoms. The first-order chi connectivity index (χ1) is 17.4. The summed E-state index contributed by atoms with van der Waals surface area (Å²) < 4.78 is 13.4. The number of hydrogen-bond acceptors (Lipinski definition) is 7. The standard InChI is InChI=1S/C27H27ClN4O4/c1-17-25(35-21-9-11-31(2)12-10-21)8-7-18-13-20(27(34)36-26(17)18)14-24(33)23-16-32(30-29-23)15-19-5-3-4-6-22(19)28/h3-8,13,16,21H,9-12,14-15H2,1-2H3. The van der Waals surface area contributed by atoms with Gasteiger partial charge in [-0.15, -0.1) is 5.10 Å². The van der Waals surface area contributed by atoms with Gasteiger partial charge in [-0.05, 0) is 56.6 Å². The number of ether oxygens (including phenoxy) is 1. The molecule has 0 saturated carbocycles. The van der Waals surface area contributed by atoms with Crippen molar-refractivity contribution in [1.82, 2.24) is 19.9 Å². The smallest absolute Gasteiger partial charge is 0.339 e. The molecule has 0 N–H and O–H groups in total. The first-order valence-electron chi connectivity index (χ1n) is 12.0. The number of ketones is 1. The van der Waals surface area contributed by atoms with Crippen LogP contribution in [-0.4, -0.2) is 51.9 Å². The topological polar surface area (TPSA) is 90.5 Å². The number of rotatable bonds is 7. The molecule has 9 heteroatoms. The summed E-state index contributed by atoms with van der Waals surface area (Å²) in [6, 6.07) is 12.9. The number of aromatic nitrogens is 3. The third-order valence-corrected chi connectivity index (χ3v) is 6.97. The van der Waals surface area contributed by atoms with Gasteiger partial charge < -0.3 is 14.1 Å². The Hall–Kier alpha value is -3.49. The van der Waals surface area contributed by atoms with E-state index in [2.05, 4.69) is 22.3 Å². The van der Waals surface area contributed by atoms with E-state index in [4.69, 9.17) is 20.8 Å². The number of carbonyl (C=O) groups excluding carboxylic acids is 1. The minimum absolute atomic E-state index is 0.129. The van der Waals surface area contributed by atoms with Crippen LogP contribution in [0.15, 0.2) is 57.9 Å². The summed E-state index contributed by atoms with van der Waals surface area (Å²) in [4.78, 5) is 27.9. The number of hydrogen-bond donors (Lipinski definition) is 0. The largest absolute Gasteiger partial charge is 0.490 e. The minimum atomic E-state index is -0.543. The molecule has 4 aromatic rings. The molecule has 5 rings (SSSR count). The van der Waals surface area contributed by atoms with Gasteiger partial charge in [-0.3, -0.25) is 4.79 Å². The van der Waals surface area contributed by atoms with Gasteiger partial charge in [0.25, 0.3) is 0 Å². The highest BCUT2D eigenvalue weighted by molar-refractivity contribution is 6.31. The van der Waals surface area contributed by atoms with Gasteiger partial charge in [0.05, 0.1) is 12.7 Å². The summed E-state index contributed by atoms with van der Waals surface area (Å²) >= 11 is 6.21. The van der Waals surface area contributed by atoms with E-state index >= 15 is 0 Å². The Bertz CT molecular complexity index is 1470. The summed E-state index contributed by atoms with van der Waals surface area (Å²) in [7, 11) is 2.11. The third-order valence-electron chi connectivity index (χ3n) is 6.60. The number of fused-ring (bicyclic) bond motifs is 1. The number of nitrogens with zero attached hydrogens (tertiary/aromatic N) is 4. The lowest BCUT2D eigenvalue weighted by molar-refractivity contribution is 0.0987. The maximum Gasteiger partial charge on any atom is 0.339 e. The van der Waals surface area contributed by atoms with Crippen molar-refractivity contribution in [3.05, 3.63) is 86.5 Å². The minimum Gasteiger partial charge on any atom is -0.490 e. The van der Waals surface area contributed by atoms with Crippen molar-refractivity contribution in [1.29, 1.82) is 0 Å². The van der Waals surface area contributed by atoms with Gasteiger partial charge in [-0.1, -0.05) is 35.0 Å². The zero-order valence-electron chi connectivity index (χ0n) is 20.2. The number of likely N-dealkylation sites (tertiary alicyclic amines) is 1. The van der Waals surface area contributed by atoms with Crippen molar-refractivity contribution in [2.75, 3.05) is 20.1 Å². The normalized spacial score (nSPS) is 14.9. The zero-order valence-corrected chi connectivity index (χ0v) is 21.0. The molecule has 1 aliphatic rings. The van der Waals surface area contributed by atoms with Gasteiger partial charge >= 0.3 is 5.63 Å². The monoisotopic (exact) mass is 506 g/mol. The van der Waals surface area contributed by atoms with E-state index in [0.717, 1.165) is 48.2 Å². The van der Waals surface area contributed by atoms with E-state index in [1.807, 2.05) is 37.3 Å². The van der Waals surface area contributed by atoms with Gasteiger partial charge in [0.1, 0.15) is 23.1 Å². The molecule has 0 aliphatic carbocycles. The second kappa shape index (κ2) is 10.2. The van der Waals surface area contributed by atoms with Crippen molar-refractivity contribution in [3.63, 3.8) is 0 Å². The lowest BCUT2D eigenvalue weighted by atomic mass is 10.0. The molecule has 0 bridgehead atoms. The number of carbonyl (C=O) groups is 1. The average Bonchev–Trinajstić information content (AvgIpc) is 3.33. The first-order valence-corrected chi connectivity index (χ1v) is 12.3. The molecule has 36 heavy (non-hydrogen) atoms. The Morgan fingerprint density at radius 3 is 2.72 bits per heavy atom. The van der Waals surface area contributed by atoms with E-state index in [1.165, 1.54) is 0 Å². The number of halogens is 1. The second-order valence-corrected chi connectivity index (χ2v) is 9.69. The summed E-state index contributed by atoms with van der Waals surface area (Å²) in [5.74, 6) is 0.408. The van der Waals surface area contributed by atoms with Crippen LogP contribution in [0.2, 0.25) is 5.02 Å². The van der Waals surface area contributed by atoms with Crippen LogP contribution in [-0.2, 0) is 13.0 Å². The van der Waals surface area contributed by atoms with Crippen LogP contribution < -0.4 is 10.4 Å². The Kier molecular flexibility index (Phi) is 6.89. The molecule has 0 unspecified atom stereocenters. The van der Waals surface area contributed by atoms with Crippen LogP contribution in [0.1, 0.15) is 40.0 Å². The van der Waals surface area contributed by atoms with E-state index < -0.39 is 5.63 Å². The summed E-state index contributed by atoms with van der Waals surface area (Å²) in [5.41, 5.74) is 2.04. The Morgan fingerprint density at radius 2 is 1.94 bits per heavy atom. The SMILES string of the molecule is Cc1c(OC2CCN(C)CC2)ccc2cc(CC(=O)c3cn(Cc4ccccc4Cl)nn3)c(=O)oc12. The molecule has 0 radical (unpaired) electrons. The number of benzene rings is 2. The lowest BCUT2D eigenvalue weighted by Gasteiger charge is -2.29. The van der Waals surface area contributed by atoms with Crippen molar-refractivity contribution < 1.29 is 13.9 Å².